The van der Waals surface area contributed by atoms with Crippen molar-refractivity contribution >= 4 is 5.69 Å². The van der Waals surface area contributed by atoms with E-state index in [4.69, 9.17) is 0 Å². The van der Waals surface area contributed by atoms with Gasteiger partial charge in [-0.15, -0.1) is 15.0 Å². The van der Waals surface area contributed by atoms with Crippen LogP contribution < -0.4 is 0 Å². The van der Waals surface area contributed by atoms with E-state index in [-0.39, 0.29) is 5.69 Å². The lowest BCUT2D eigenvalue weighted by Crippen LogP contribution is -2.00. The van der Waals surface area contributed by atoms with Crippen molar-refractivity contribution in [1.82, 2.24) is 20.2 Å². The van der Waals surface area contributed by atoms with Crippen LogP contribution in [0.4, 0.5) is 5.69 Å². The Balaban J connectivity index is 1.80. The number of benzene rings is 2. The van der Waals surface area contributed by atoms with Gasteiger partial charge in [0.25, 0.3) is 5.69 Å². The average molecular weight is 281 g/mol. The third-order valence-electron chi connectivity index (χ3n) is 2.95. The minimum absolute atomic E-state index is 0.0309. The van der Waals surface area contributed by atoms with Gasteiger partial charge in [0, 0.05) is 18.6 Å². The molecule has 0 amide bonds. The predicted octanol–water partition coefficient (Wildman–Crippen LogP) is 2.16. The van der Waals surface area contributed by atoms with Crippen LogP contribution in [0.3, 0.4) is 0 Å². The van der Waals surface area contributed by atoms with Crippen molar-refractivity contribution in [1.29, 1.82) is 0 Å². The highest BCUT2D eigenvalue weighted by atomic mass is 16.6. The highest BCUT2D eigenvalue weighted by molar-refractivity contribution is 5.39. The number of nitro groups is 1. The Morgan fingerprint density at radius 1 is 1.05 bits per heavy atom. The molecule has 0 aliphatic rings. The molecule has 0 fully saturated rings. The van der Waals surface area contributed by atoms with E-state index in [0.717, 1.165) is 5.56 Å². The van der Waals surface area contributed by atoms with Gasteiger partial charge in [0.1, 0.15) is 0 Å². The molecule has 0 atom stereocenters. The van der Waals surface area contributed by atoms with Gasteiger partial charge >= 0.3 is 0 Å². The molecule has 104 valence electrons. The molecule has 0 saturated carbocycles. The monoisotopic (exact) mass is 281 g/mol. The molecule has 21 heavy (non-hydrogen) atoms. The fraction of sp³-hybridized carbons (Fsp3) is 0.0714. The Bertz CT molecular complexity index is 753. The summed E-state index contributed by atoms with van der Waals surface area (Å²) in [7, 11) is 0. The van der Waals surface area contributed by atoms with Crippen molar-refractivity contribution in [2.24, 2.45) is 0 Å². The van der Waals surface area contributed by atoms with Crippen LogP contribution >= 0.6 is 0 Å². The van der Waals surface area contributed by atoms with Crippen molar-refractivity contribution in [2.75, 3.05) is 0 Å². The molecule has 0 aliphatic heterocycles. The first-order valence-electron chi connectivity index (χ1n) is 6.30. The van der Waals surface area contributed by atoms with Crippen molar-refractivity contribution in [3.63, 3.8) is 0 Å². The van der Waals surface area contributed by atoms with Gasteiger partial charge in [-0.2, -0.15) is 0 Å². The van der Waals surface area contributed by atoms with Crippen LogP contribution in [0.2, 0.25) is 0 Å². The topological polar surface area (TPSA) is 86.7 Å². The van der Waals surface area contributed by atoms with E-state index in [1.165, 1.54) is 16.9 Å². The van der Waals surface area contributed by atoms with Crippen LogP contribution in [0.15, 0.2) is 54.6 Å². The number of hydrogen-bond acceptors (Lipinski definition) is 5. The van der Waals surface area contributed by atoms with Crippen LogP contribution in [-0.4, -0.2) is 25.1 Å². The molecule has 0 unspecified atom stereocenters. The van der Waals surface area contributed by atoms with E-state index in [2.05, 4.69) is 15.4 Å². The third kappa shape index (κ3) is 2.92. The van der Waals surface area contributed by atoms with Crippen molar-refractivity contribution in [3.8, 4) is 5.69 Å². The largest absolute Gasteiger partial charge is 0.269 e. The number of aromatic nitrogens is 4. The second kappa shape index (κ2) is 5.49. The van der Waals surface area contributed by atoms with E-state index in [9.17, 15) is 10.1 Å². The van der Waals surface area contributed by atoms with Gasteiger partial charge in [-0.1, -0.05) is 30.3 Å². The summed E-state index contributed by atoms with van der Waals surface area (Å²) < 4.78 is 0. The molecule has 2 aromatic carbocycles. The number of non-ortho nitro benzene ring substituents is 1. The van der Waals surface area contributed by atoms with Gasteiger partial charge in [0.15, 0.2) is 5.82 Å². The third-order valence-corrected chi connectivity index (χ3v) is 2.95. The van der Waals surface area contributed by atoms with E-state index >= 15 is 0 Å². The Hall–Kier alpha value is -3.09. The summed E-state index contributed by atoms with van der Waals surface area (Å²) in [5.74, 6) is 0.597. The first-order valence-corrected chi connectivity index (χ1v) is 6.30. The van der Waals surface area contributed by atoms with E-state index in [1.807, 2.05) is 30.3 Å². The molecule has 7 heteroatoms. The van der Waals surface area contributed by atoms with Crippen LogP contribution in [0.1, 0.15) is 11.4 Å². The van der Waals surface area contributed by atoms with Gasteiger partial charge in [-0.25, -0.2) is 0 Å². The molecule has 0 aliphatic carbocycles. The zero-order chi connectivity index (χ0) is 14.7. The first-order chi connectivity index (χ1) is 10.2. The van der Waals surface area contributed by atoms with Crippen LogP contribution in [0, 0.1) is 10.1 Å². The molecule has 0 radical (unpaired) electrons. The number of hydrogen-bond donors (Lipinski definition) is 0. The van der Waals surface area contributed by atoms with Crippen LogP contribution in [0.5, 0.6) is 0 Å². The number of tetrazole rings is 1. The van der Waals surface area contributed by atoms with Gasteiger partial charge in [-0.05, 0) is 22.9 Å². The molecule has 0 bridgehead atoms. The Kier molecular flexibility index (Phi) is 3.38. The number of nitro benzene ring substituents is 1. The van der Waals surface area contributed by atoms with Gasteiger partial charge in [0.2, 0.25) is 0 Å². The summed E-state index contributed by atoms with van der Waals surface area (Å²) >= 11 is 0. The Morgan fingerprint density at radius 3 is 2.43 bits per heavy atom. The normalized spacial score (nSPS) is 10.5. The summed E-state index contributed by atoms with van der Waals surface area (Å²) in [4.78, 5) is 11.5. The Labute approximate surface area is 120 Å². The molecule has 0 spiro atoms. The van der Waals surface area contributed by atoms with Crippen molar-refractivity contribution in [3.05, 3.63) is 76.1 Å². The predicted molar refractivity (Wildman–Crippen MR) is 75.1 cm³/mol. The minimum Gasteiger partial charge on any atom is -0.258 e. The summed E-state index contributed by atoms with van der Waals surface area (Å²) in [6.45, 7) is 0. The quantitative estimate of drug-likeness (QED) is 0.540. The number of rotatable bonds is 4. The van der Waals surface area contributed by atoms with E-state index in [1.54, 1.807) is 12.1 Å². The van der Waals surface area contributed by atoms with Crippen molar-refractivity contribution in [2.45, 2.75) is 6.42 Å². The van der Waals surface area contributed by atoms with Crippen molar-refractivity contribution < 1.29 is 4.92 Å². The molecule has 3 aromatic rings. The standard InChI is InChI=1S/C14H11N5O2/c20-19(21)13-8-6-12(7-9-13)18-16-14(15-17-18)10-11-4-2-1-3-5-11/h1-9H,10H2. The molecule has 0 saturated heterocycles. The van der Waals surface area contributed by atoms with Crippen LogP contribution in [-0.2, 0) is 6.42 Å². The van der Waals surface area contributed by atoms with E-state index < -0.39 is 4.92 Å². The van der Waals surface area contributed by atoms with Gasteiger partial charge in [0.05, 0.1) is 10.6 Å². The minimum atomic E-state index is -0.445. The lowest BCUT2D eigenvalue weighted by Gasteiger charge is -1.97. The lowest BCUT2D eigenvalue weighted by atomic mass is 10.1. The maximum absolute atomic E-state index is 10.6. The smallest absolute Gasteiger partial charge is 0.258 e. The Morgan fingerprint density at radius 2 is 1.76 bits per heavy atom. The average Bonchev–Trinajstić information content (AvgIpc) is 2.97. The summed E-state index contributed by atoms with van der Waals surface area (Å²) in [5, 5.41) is 22.8. The van der Waals surface area contributed by atoms with Gasteiger partial charge < -0.3 is 0 Å². The number of nitrogens with zero attached hydrogens (tertiary/aromatic N) is 5. The zero-order valence-corrected chi connectivity index (χ0v) is 11.0. The fourth-order valence-electron chi connectivity index (χ4n) is 1.91. The maximum Gasteiger partial charge on any atom is 0.269 e. The fourth-order valence-corrected chi connectivity index (χ4v) is 1.91. The molecule has 0 N–H and O–H groups in total. The molecule has 1 heterocycles. The summed E-state index contributed by atoms with van der Waals surface area (Å²) in [6.07, 6.45) is 0.591. The summed E-state index contributed by atoms with van der Waals surface area (Å²) in [5.41, 5.74) is 1.76. The zero-order valence-electron chi connectivity index (χ0n) is 11.0. The highest BCUT2D eigenvalue weighted by Gasteiger charge is 2.08. The van der Waals surface area contributed by atoms with Crippen LogP contribution in [0.25, 0.3) is 5.69 Å². The molecular formula is C14H11N5O2. The lowest BCUT2D eigenvalue weighted by molar-refractivity contribution is -0.384. The molecule has 7 nitrogen and oxygen atoms in total. The molecule has 1 aromatic heterocycles. The summed E-state index contributed by atoms with van der Waals surface area (Å²) in [6, 6.07) is 15.8. The maximum atomic E-state index is 10.6. The molecular weight excluding hydrogens is 270 g/mol. The SMILES string of the molecule is O=[N+]([O-])c1ccc(-n2nnc(Cc3ccccc3)n2)cc1. The molecule has 3 rings (SSSR count). The second-order valence-corrected chi connectivity index (χ2v) is 4.43. The van der Waals surface area contributed by atoms with E-state index in [0.29, 0.717) is 17.9 Å². The second-order valence-electron chi connectivity index (χ2n) is 4.43. The highest BCUT2D eigenvalue weighted by Crippen LogP contribution is 2.14. The van der Waals surface area contributed by atoms with Gasteiger partial charge in [-0.3, -0.25) is 10.1 Å². The first kappa shape index (κ1) is 12.9.